The first-order valence-corrected chi connectivity index (χ1v) is 7.67. The lowest BCUT2D eigenvalue weighted by molar-refractivity contribution is 0.0986. The van der Waals surface area contributed by atoms with E-state index in [9.17, 15) is 9.90 Å². The zero-order valence-electron chi connectivity index (χ0n) is 10.7. The van der Waals surface area contributed by atoms with Gasteiger partial charge in [0.05, 0.1) is 5.56 Å². The number of rotatable bonds is 5. The highest BCUT2D eigenvalue weighted by atomic mass is 32.2. The van der Waals surface area contributed by atoms with Crippen LogP contribution in [0.2, 0.25) is 0 Å². The molecule has 0 aliphatic heterocycles. The average Bonchev–Trinajstić information content (AvgIpc) is 2.82. The number of ketones is 1. The summed E-state index contributed by atoms with van der Waals surface area (Å²) in [6.45, 7) is 0.280. The molecule has 18 heavy (non-hydrogen) atoms. The minimum absolute atomic E-state index is 0.0512. The number of Topliss-reactive ketones (excluding diaryl/α,β-unsaturated/α-hetero) is 1. The second kappa shape index (κ2) is 5.76. The molecule has 1 aliphatic carbocycles. The molecule has 1 aromatic rings. The molecule has 0 atom stereocenters. The van der Waals surface area contributed by atoms with E-state index in [2.05, 4.69) is 0 Å². The Morgan fingerprint density at radius 3 is 2.94 bits per heavy atom. The number of aryl methyl sites for hydroxylation is 1. The summed E-state index contributed by atoms with van der Waals surface area (Å²) in [4.78, 5) is 12.2. The summed E-state index contributed by atoms with van der Waals surface area (Å²) in [7, 11) is 0. The predicted octanol–water partition coefficient (Wildman–Crippen LogP) is 2.28. The van der Waals surface area contributed by atoms with Crippen LogP contribution in [0, 0.1) is 0 Å². The van der Waals surface area contributed by atoms with Crippen molar-refractivity contribution in [1.29, 1.82) is 0 Å². The highest BCUT2D eigenvalue weighted by molar-refractivity contribution is 7.98. The summed E-state index contributed by atoms with van der Waals surface area (Å²) in [6, 6.07) is 1.96. The molecule has 98 valence electrons. The molecular formula is C14H19NO2S. The first kappa shape index (κ1) is 13.4. The normalized spacial score (nSPS) is 13.7. The molecule has 0 saturated heterocycles. The molecule has 0 bridgehead atoms. The Morgan fingerprint density at radius 1 is 1.50 bits per heavy atom. The van der Waals surface area contributed by atoms with Gasteiger partial charge in [0.25, 0.3) is 0 Å². The van der Waals surface area contributed by atoms with Gasteiger partial charge in [-0.15, -0.1) is 0 Å². The number of aromatic hydroxyl groups is 1. The molecule has 0 spiro atoms. The third kappa shape index (κ3) is 2.40. The molecule has 4 heteroatoms. The molecule has 3 N–H and O–H groups in total. The molecule has 3 nitrogen and oxygen atoms in total. The Balaban J connectivity index is 2.44. The minimum atomic E-state index is 0.0512. The summed E-state index contributed by atoms with van der Waals surface area (Å²) in [5, 5.41) is 10.2. The standard InChI is InChI=1S/C14H19NO2S/c1-18-6-5-12(16)13-11-4-2-3-9(11)7-10(8-15)14(13)17/h7,17H,2-6,8,15H2,1H3. The van der Waals surface area contributed by atoms with Crippen LogP contribution >= 0.6 is 11.8 Å². The third-order valence-corrected chi connectivity index (χ3v) is 4.10. The molecule has 2 rings (SSSR count). The Hall–Kier alpha value is -1.00. The van der Waals surface area contributed by atoms with E-state index in [1.165, 1.54) is 5.56 Å². The first-order valence-electron chi connectivity index (χ1n) is 6.27. The largest absolute Gasteiger partial charge is 0.507 e. The lowest BCUT2D eigenvalue weighted by atomic mass is 9.94. The molecule has 0 amide bonds. The third-order valence-electron chi connectivity index (χ3n) is 3.48. The van der Waals surface area contributed by atoms with Crippen molar-refractivity contribution in [2.75, 3.05) is 12.0 Å². The maximum atomic E-state index is 12.2. The number of hydrogen-bond acceptors (Lipinski definition) is 4. The topological polar surface area (TPSA) is 63.3 Å². The van der Waals surface area contributed by atoms with Gasteiger partial charge in [0.15, 0.2) is 5.78 Å². The van der Waals surface area contributed by atoms with Crippen LogP contribution in [-0.2, 0) is 19.4 Å². The summed E-state index contributed by atoms with van der Waals surface area (Å²) >= 11 is 1.65. The average molecular weight is 265 g/mol. The van der Waals surface area contributed by atoms with E-state index in [0.29, 0.717) is 17.5 Å². The van der Waals surface area contributed by atoms with E-state index >= 15 is 0 Å². The molecule has 0 saturated carbocycles. The van der Waals surface area contributed by atoms with Gasteiger partial charge in [-0.3, -0.25) is 4.79 Å². The number of hydrogen-bond donors (Lipinski definition) is 2. The number of nitrogens with two attached hydrogens (primary N) is 1. The van der Waals surface area contributed by atoms with Crippen molar-refractivity contribution in [3.63, 3.8) is 0 Å². The molecule has 0 heterocycles. The number of carbonyl (C=O) groups is 1. The van der Waals surface area contributed by atoms with Crippen LogP contribution in [0.4, 0.5) is 0 Å². The van der Waals surface area contributed by atoms with E-state index in [4.69, 9.17) is 5.73 Å². The Bertz CT molecular complexity index is 471. The van der Waals surface area contributed by atoms with Crippen molar-refractivity contribution in [3.05, 3.63) is 28.3 Å². The fourth-order valence-corrected chi connectivity index (χ4v) is 2.96. The maximum Gasteiger partial charge on any atom is 0.167 e. The molecule has 1 aliphatic rings. The number of phenols is 1. The van der Waals surface area contributed by atoms with Gasteiger partial charge in [0, 0.05) is 24.3 Å². The van der Waals surface area contributed by atoms with Gasteiger partial charge in [0.2, 0.25) is 0 Å². The highest BCUT2D eigenvalue weighted by Crippen LogP contribution is 2.35. The molecule has 1 aromatic carbocycles. The fraction of sp³-hybridized carbons (Fsp3) is 0.500. The van der Waals surface area contributed by atoms with Crippen molar-refractivity contribution in [3.8, 4) is 5.75 Å². The summed E-state index contributed by atoms with van der Waals surface area (Å²) < 4.78 is 0. The van der Waals surface area contributed by atoms with Crippen molar-refractivity contribution < 1.29 is 9.90 Å². The molecule has 0 fully saturated rings. The van der Waals surface area contributed by atoms with Gasteiger partial charge in [-0.25, -0.2) is 0 Å². The number of fused-ring (bicyclic) bond motifs is 1. The van der Waals surface area contributed by atoms with Gasteiger partial charge >= 0.3 is 0 Å². The summed E-state index contributed by atoms with van der Waals surface area (Å²) in [5.74, 6) is 0.958. The monoisotopic (exact) mass is 265 g/mol. The van der Waals surface area contributed by atoms with Gasteiger partial charge < -0.3 is 10.8 Å². The number of carbonyl (C=O) groups excluding carboxylic acids is 1. The van der Waals surface area contributed by atoms with Crippen molar-refractivity contribution >= 4 is 17.5 Å². The molecule has 0 radical (unpaired) electrons. The van der Waals surface area contributed by atoms with E-state index in [1.54, 1.807) is 11.8 Å². The fourth-order valence-electron chi connectivity index (χ4n) is 2.57. The summed E-state index contributed by atoms with van der Waals surface area (Å²) in [5.41, 5.74) is 9.12. The maximum absolute atomic E-state index is 12.2. The smallest absolute Gasteiger partial charge is 0.167 e. The van der Waals surface area contributed by atoms with Gasteiger partial charge in [0.1, 0.15) is 5.75 Å². The van der Waals surface area contributed by atoms with Crippen LogP contribution in [-0.4, -0.2) is 22.9 Å². The Labute approximate surface area is 112 Å². The van der Waals surface area contributed by atoms with Crippen LogP contribution in [0.5, 0.6) is 5.75 Å². The number of thioether (sulfide) groups is 1. The van der Waals surface area contributed by atoms with Gasteiger partial charge in [-0.05, 0) is 36.6 Å². The van der Waals surface area contributed by atoms with Crippen molar-refractivity contribution in [1.82, 2.24) is 0 Å². The second-order valence-corrected chi connectivity index (χ2v) is 5.61. The van der Waals surface area contributed by atoms with Crippen LogP contribution in [0.3, 0.4) is 0 Å². The van der Waals surface area contributed by atoms with Crippen LogP contribution in [0.15, 0.2) is 6.07 Å². The van der Waals surface area contributed by atoms with Gasteiger partial charge in [-0.1, -0.05) is 6.07 Å². The van der Waals surface area contributed by atoms with Crippen molar-refractivity contribution in [2.45, 2.75) is 32.2 Å². The minimum Gasteiger partial charge on any atom is -0.507 e. The molecule has 0 unspecified atom stereocenters. The summed E-state index contributed by atoms with van der Waals surface area (Å²) in [6.07, 6.45) is 5.41. The van der Waals surface area contributed by atoms with E-state index < -0.39 is 0 Å². The SMILES string of the molecule is CSCCC(=O)c1c(O)c(CN)cc2c1CCC2. The highest BCUT2D eigenvalue weighted by Gasteiger charge is 2.24. The van der Waals surface area contributed by atoms with Crippen molar-refractivity contribution in [2.24, 2.45) is 5.73 Å². The van der Waals surface area contributed by atoms with E-state index in [1.807, 2.05) is 12.3 Å². The van der Waals surface area contributed by atoms with E-state index in [-0.39, 0.29) is 18.1 Å². The zero-order valence-corrected chi connectivity index (χ0v) is 11.5. The van der Waals surface area contributed by atoms with Crippen LogP contribution in [0.1, 0.15) is 39.9 Å². The number of benzene rings is 1. The molecule has 0 aromatic heterocycles. The zero-order chi connectivity index (χ0) is 13.1. The van der Waals surface area contributed by atoms with E-state index in [0.717, 1.165) is 30.6 Å². The van der Waals surface area contributed by atoms with Crippen LogP contribution < -0.4 is 5.73 Å². The predicted molar refractivity (Wildman–Crippen MR) is 75.4 cm³/mol. The number of phenolic OH excluding ortho intramolecular Hbond substituents is 1. The first-order chi connectivity index (χ1) is 8.69. The molecular weight excluding hydrogens is 246 g/mol. The second-order valence-electron chi connectivity index (χ2n) is 4.62. The Morgan fingerprint density at radius 2 is 2.28 bits per heavy atom. The quantitative estimate of drug-likeness (QED) is 0.802. The lowest BCUT2D eigenvalue weighted by Crippen LogP contribution is -2.09. The Kier molecular flexibility index (Phi) is 4.30. The van der Waals surface area contributed by atoms with Gasteiger partial charge in [-0.2, -0.15) is 11.8 Å². The van der Waals surface area contributed by atoms with Crippen LogP contribution in [0.25, 0.3) is 0 Å². The lowest BCUT2D eigenvalue weighted by Gasteiger charge is -2.13.